The molecular weight excluding hydrogens is 234 g/mol. The summed E-state index contributed by atoms with van der Waals surface area (Å²) in [6.07, 6.45) is 1.27. The number of nitrogens with one attached hydrogen (secondary N) is 1. The number of thioether (sulfide) groups is 1. The molecule has 2 aliphatic heterocycles. The molecule has 4 heteroatoms. The van der Waals surface area contributed by atoms with Gasteiger partial charge in [-0.2, -0.15) is 11.8 Å². The summed E-state index contributed by atoms with van der Waals surface area (Å²) in [6.45, 7) is 3.56. The van der Waals surface area contributed by atoms with Crippen molar-refractivity contribution in [2.75, 3.05) is 12.5 Å². The Bertz CT molecular complexity index is 410. The molecule has 0 aliphatic carbocycles. The van der Waals surface area contributed by atoms with Crippen LogP contribution in [0.5, 0.6) is 11.5 Å². The molecule has 2 unspecified atom stereocenters. The first kappa shape index (κ1) is 11.2. The Morgan fingerprint density at radius 3 is 3.06 bits per heavy atom. The average molecular weight is 251 g/mol. The highest BCUT2D eigenvalue weighted by Crippen LogP contribution is 2.32. The molecule has 1 saturated heterocycles. The number of benzene rings is 1. The van der Waals surface area contributed by atoms with Gasteiger partial charge >= 0.3 is 0 Å². The highest BCUT2D eigenvalue weighted by molar-refractivity contribution is 8.00. The van der Waals surface area contributed by atoms with Crippen LogP contribution in [-0.2, 0) is 6.54 Å². The number of hydrogen-bond donors (Lipinski definition) is 1. The van der Waals surface area contributed by atoms with Crippen molar-refractivity contribution in [3.63, 3.8) is 0 Å². The Hall–Kier alpha value is -0.870. The first-order chi connectivity index (χ1) is 8.33. The molecule has 1 fully saturated rings. The van der Waals surface area contributed by atoms with E-state index in [1.165, 1.54) is 17.7 Å². The highest BCUT2D eigenvalue weighted by Gasteiger charge is 2.23. The first-order valence-corrected chi connectivity index (χ1v) is 7.11. The molecule has 3 rings (SSSR count). The SMILES string of the molecule is CC1SCCC1NCc1ccc2c(c1)OCO2. The van der Waals surface area contributed by atoms with Crippen molar-refractivity contribution in [2.45, 2.75) is 31.2 Å². The van der Waals surface area contributed by atoms with E-state index in [-0.39, 0.29) is 0 Å². The lowest BCUT2D eigenvalue weighted by Gasteiger charge is -2.16. The molecule has 1 aromatic rings. The van der Waals surface area contributed by atoms with Gasteiger partial charge in [0.15, 0.2) is 11.5 Å². The maximum absolute atomic E-state index is 5.38. The second-order valence-corrected chi connectivity index (χ2v) is 6.02. The second kappa shape index (κ2) is 4.78. The van der Waals surface area contributed by atoms with Crippen LogP contribution in [0.3, 0.4) is 0 Å². The molecule has 0 bridgehead atoms. The van der Waals surface area contributed by atoms with Crippen LogP contribution in [0.15, 0.2) is 18.2 Å². The molecule has 1 N–H and O–H groups in total. The molecule has 0 saturated carbocycles. The van der Waals surface area contributed by atoms with Crippen LogP contribution >= 0.6 is 11.8 Å². The highest BCUT2D eigenvalue weighted by atomic mass is 32.2. The van der Waals surface area contributed by atoms with Crippen LogP contribution in [0.4, 0.5) is 0 Å². The van der Waals surface area contributed by atoms with Gasteiger partial charge in [-0.15, -0.1) is 0 Å². The van der Waals surface area contributed by atoms with E-state index in [4.69, 9.17) is 9.47 Å². The summed E-state index contributed by atoms with van der Waals surface area (Å²) in [6, 6.07) is 6.81. The van der Waals surface area contributed by atoms with Crippen molar-refractivity contribution in [1.29, 1.82) is 0 Å². The van der Waals surface area contributed by atoms with Crippen molar-refractivity contribution < 1.29 is 9.47 Å². The Labute approximate surface area is 106 Å². The Morgan fingerprint density at radius 2 is 2.24 bits per heavy atom. The van der Waals surface area contributed by atoms with E-state index in [0.717, 1.165) is 23.3 Å². The van der Waals surface area contributed by atoms with Gasteiger partial charge < -0.3 is 14.8 Å². The lowest BCUT2D eigenvalue weighted by atomic mass is 10.1. The van der Waals surface area contributed by atoms with E-state index in [1.807, 2.05) is 6.07 Å². The normalized spacial score (nSPS) is 26.4. The van der Waals surface area contributed by atoms with Crippen LogP contribution in [0, 0.1) is 0 Å². The molecule has 2 atom stereocenters. The van der Waals surface area contributed by atoms with Gasteiger partial charge in [-0.05, 0) is 29.9 Å². The predicted molar refractivity (Wildman–Crippen MR) is 69.7 cm³/mol. The fourth-order valence-corrected chi connectivity index (χ4v) is 3.53. The minimum absolute atomic E-state index is 0.350. The molecule has 2 heterocycles. The van der Waals surface area contributed by atoms with E-state index in [1.54, 1.807) is 0 Å². The summed E-state index contributed by atoms with van der Waals surface area (Å²) in [7, 11) is 0. The zero-order valence-corrected chi connectivity index (χ0v) is 10.8. The van der Waals surface area contributed by atoms with Gasteiger partial charge in [0.2, 0.25) is 6.79 Å². The number of ether oxygens (including phenoxy) is 2. The molecule has 2 aliphatic rings. The van der Waals surface area contributed by atoms with Crippen LogP contribution in [0.25, 0.3) is 0 Å². The van der Waals surface area contributed by atoms with Gasteiger partial charge in [-0.1, -0.05) is 13.0 Å². The fraction of sp³-hybridized carbons (Fsp3) is 0.538. The molecule has 0 amide bonds. The zero-order chi connectivity index (χ0) is 11.7. The van der Waals surface area contributed by atoms with Gasteiger partial charge in [0.1, 0.15) is 0 Å². The van der Waals surface area contributed by atoms with Gasteiger partial charge in [-0.25, -0.2) is 0 Å². The summed E-state index contributed by atoms with van der Waals surface area (Å²) < 4.78 is 10.7. The summed E-state index contributed by atoms with van der Waals surface area (Å²) >= 11 is 2.05. The summed E-state index contributed by atoms with van der Waals surface area (Å²) in [5.74, 6) is 3.01. The third kappa shape index (κ3) is 2.38. The third-order valence-electron chi connectivity index (χ3n) is 3.38. The summed E-state index contributed by atoms with van der Waals surface area (Å²) in [5, 5.41) is 4.35. The Balaban J connectivity index is 1.61. The molecule has 0 radical (unpaired) electrons. The largest absolute Gasteiger partial charge is 0.454 e. The Kier molecular flexibility index (Phi) is 3.16. The van der Waals surface area contributed by atoms with Crippen LogP contribution in [0.2, 0.25) is 0 Å². The van der Waals surface area contributed by atoms with Gasteiger partial charge in [0, 0.05) is 17.8 Å². The number of hydrogen-bond acceptors (Lipinski definition) is 4. The van der Waals surface area contributed by atoms with Crippen LogP contribution < -0.4 is 14.8 Å². The molecule has 17 heavy (non-hydrogen) atoms. The van der Waals surface area contributed by atoms with Crippen molar-refractivity contribution in [2.24, 2.45) is 0 Å². The van der Waals surface area contributed by atoms with Crippen LogP contribution in [0.1, 0.15) is 18.9 Å². The van der Waals surface area contributed by atoms with E-state index < -0.39 is 0 Å². The lowest BCUT2D eigenvalue weighted by molar-refractivity contribution is 0.174. The molecule has 92 valence electrons. The fourth-order valence-electron chi connectivity index (χ4n) is 2.30. The van der Waals surface area contributed by atoms with E-state index in [9.17, 15) is 0 Å². The minimum atomic E-state index is 0.350. The monoisotopic (exact) mass is 251 g/mol. The Morgan fingerprint density at radius 1 is 1.35 bits per heavy atom. The molecule has 0 aromatic heterocycles. The van der Waals surface area contributed by atoms with Crippen molar-refractivity contribution in [3.05, 3.63) is 23.8 Å². The zero-order valence-electron chi connectivity index (χ0n) is 9.94. The van der Waals surface area contributed by atoms with E-state index in [0.29, 0.717) is 12.8 Å². The maximum Gasteiger partial charge on any atom is 0.231 e. The molecular formula is C13H17NO2S. The number of fused-ring (bicyclic) bond motifs is 1. The third-order valence-corrected chi connectivity index (χ3v) is 4.71. The average Bonchev–Trinajstić information content (AvgIpc) is 2.94. The summed E-state index contributed by atoms with van der Waals surface area (Å²) in [4.78, 5) is 0. The van der Waals surface area contributed by atoms with Gasteiger partial charge in [0.25, 0.3) is 0 Å². The predicted octanol–water partition coefficient (Wildman–Crippen LogP) is 2.40. The van der Waals surface area contributed by atoms with Gasteiger partial charge in [0.05, 0.1) is 0 Å². The van der Waals surface area contributed by atoms with Crippen molar-refractivity contribution in [3.8, 4) is 11.5 Å². The quantitative estimate of drug-likeness (QED) is 0.893. The van der Waals surface area contributed by atoms with Gasteiger partial charge in [-0.3, -0.25) is 0 Å². The van der Waals surface area contributed by atoms with Crippen molar-refractivity contribution in [1.82, 2.24) is 5.32 Å². The number of rotatable bonds is 3. The minimum Gasteiger partial charge on any atom is -0.454 e. The molecule has 1 aromatic carbocycles. The van der Waals surface area contributed by atoms with E-state index in [2.05, 4.69) is 36.1 Å². The summed E-state index contributed by atoms with van der Waals surface area (Å²) in [5.41, 5.74) is 1.26. The van der Waals surface area contributed by atoms with Crippen molar-refractivity contribution >= 4 is 11.8 Å². The smallest absolute Gasteiger partial charge is 0.231 e. The molecule has 3 nitrogen and oxygen atoms in total. The first-order valence-electron chi connectivity index (χ1n) is 6.06. The lowest BCUT2D eigenvalue weighted by Crippen LogP contribution is -2.32. The standard InChI is InChI=1S/C13H17NO2S/c1-9-11(4-5-17-9)14-7-10-2-3-12-13(6-10)16-8-15-12/h2-3,6,9,11,14H,4-5,7-8H2,1H3. The second-order valence-electron chi connectivity index (χ2n) is 4.54. The van der Waals surface area contributed by atoms with Crippen LogP contribution in [-0.4, -0.2) is 23.8 Å². The molecule has 0 spiro atoms. The topological polar surface area (TPSA) is 30.5 Å². The van der Waals surface area contributed by atoms with E-state index >= 15 is 0 Å². The maximum atomic E-state index is 5.38.